The van der Waals surface area contributed by atoms with Gasteiger partial charge in [-0.1, -0.05) is 141 Å². The molecule has 0 fully saturated rings. The van der Waals surface area contributed by atoms with Gasteiger partial charge in [-0.05, 0) is 87.5 Å². The van der Waals surface area contributed by atoms with Crippen LogP contribution in [0.25, 0.3) is 75.4 Å². The van der Waals surface area contributed by atoms with Gasteiger partial charge in [-0.15, -0.1) is 11.3 Å². The lowest BCUT2D eigenvalue weighted by Gasteiger charge is -2.28. The van der Waals surface area contributed by atoms with E-state index in [1.165, 1.54) is 86.5 Å². The molecule has 1 aliphatic carbocycles. The number of nitrogens with zero attached hydrogens (tertiary/aromatic N) is 1. The summed E-state index contributed by atoms with van der Waals surface area (Å²) < 4.78 is 2.58. The minimum absolute atomic E-state index is 0.0882. The summed E-state index contributed by atoms with van der Waals surface area (Å²) >= 11 is 1.88. The fourth-order valence-corrected chi connectivity index (χ4v) is 10.1. The van der Waals surface area contributed by atoms with Gasteiger partial charge >= 0.3 is 0 Å². The first-order valence-electron chi connectivity index (χ1n) is 18.7. The van der Waals surface area contributed by atoms with E-state index >= 15 is 0 Å². The van der Waals surface area contributed by atoms with Gasteiger partial charge in [0.1, 0.15) is 0 Å². The summed E-state index contributed by atoms with van der Waals surface area (Å²) in [6, 6.07) is 64.8. The van der Waals surface area contributed by atoms with Crippen molar-refractivity contribution in [2.45, 2.75) is 19.3 Å². The van der Waals surface area contributed by atoms with E-state index in [-0.39, 0.29) is 5.41 Å². The molecule has 0 unspecified atom stereocenters. The maximum Gasteiger partial charge on any atom is 0.0544 e. The maximum absolute atomic E-state index is 3.71. The summed E-state index contributed by atoms with van der Waals surface area (Å²) in [5, 5.41) is 5.12. The van der Waals surface area contributed by atoms with Crippen LogP contribution in [0.15, 0.2) is 176 Å². The van der Waals surface area contributed by atoms with Gasteiger partial charge in [0.05, 0.1) is 5.52 Å². The van der Waals surface area contributed by atoms with E-state index in [2.05, 4.69) is 200 Å². The van der Waals surface area contributed by atoms with Crippen molar-refractivity contribution >= 4 is 70.4 Å². The molecular weight excluding hydrogens is 673 g/mol. The van der Waals surface area contributed by atoms with Crippen molar-refractivity contribution < 1.29 is 0 Å². The van der Waals surface area contributed by atoms with Crippen LogP contribution in [0.2, 0.25) is 0 Å². The Kier molecular flexibility index (Phi) is 6.80. The molecule has 2 aromatic heterocycles. The average Bonchev–Trinajstić information content (AvgIpc) is 3.86. The van der Waals surface area contributed by atoms with E-state index in [1.54, 1.807) is 0 Å². The van der Waals surface area contributed by atoms with Gasteiger partial charge < -0.3 is 9.88 Å². The average molecular weight is 709 g/mol. The molecule has 0 bridgehead atoms. The second kappa shape index (κ2) is 11.8. The number of hydrogen-bond donors (Lipinski definition) is 1. The summed E-state index contributed by atoms with van der Waals surface area (Å²) in [5.74, 6) is 0. The lowest BCUT2D eigenvalue weighted by Crippen LogP contribution is -2.16. The molecule has 0 radical (unpaired) electrons. The monoisotopic (exact) mass is 708 g/mol. The van der Waals surface area contributed by atoms with Crippen LogP contribution in [0.1, 0.15) is 25.0 Å². The molecule has 1 aliphatic rings. The van der Waals surface area contributed by atoms with Crippen molar-refractivity contribution in [1.82, 2.24) is 4.98 Å². The largest absolute Gasteiger partial charge is 0.354 e. The first-order chi connectivity index (χ1) is 26.5. The highest BCUT2D eigenvalue weighted by Gasteiger charge is 2.35. The van der Waals surface area contributed by atoms with Gasteiger partial charge in [-0.3, -0.25) is 0 Å². The molecule has 1 N–H and O–H groups in total. The number of hydrogen-bond acceptors (Lipinski definition) is 2. The van der Waals surface area contributed by atoms with E-state index in [0.29, 0.717) is 0 Å². The zero-order chi connectivity index (χ0) is 36.0. The highest BCUT2D eigenvalue weighted by atomic mass is 32.1. The number of thiophene rings is 1. The second-order valence-electron chi connectivity index (χ2n) is 15.0. The predicted octanol–water partition coefficient (Wildman–Crippen LogP) is 14.8. The minimum Gasteiger partial charge on any atom is -0.354 e. The number of nitrogens with one attached hydrogen (secondary N) is 1. The Bertz CT molecular complexity index is 3070. The molecule has 0 spiro atoms. The molecule has 0 atom stereocenters. The van der Waals surface area contributed by atoms with E-state index in [4.69, 9.17) is 0 Å². The van der Waals surface area contributed by atoms with Crippen molar-refractivity contribution in [2.24, 2.45) is 0 Å². The van der Waals surface area contributed by atoms with Crippen molar-refractivity contribution in [3.05, 3.63) is 187 Å². The summed E-state index contributed by atoms with van der Waals surface area (Å²) in [7, 11) is 0. The molecule has 11 rings (SSSR count). The number of benzene rings is 8. The Labute approximate surface area is 318 Å². The molecule has 3 heteroatoms. The maximum atomic E-state index is 3.71. The van der Waals surface area contributed by atoms with Gasteiger partial charge in [0.2, 0.25) is 0 Å². The molecule has 8 aromatic carbocycles. The van der Waals surface area contributed by atoms with Gasteiger partial charge in [0, 0.05) is 64.5 Å². The Morgan fingerprint density at radius 3 is 1.91 bits per heavy atom. The molecule has 0 saturated heterocycles. The lowest BCUT2D eigenvalue weighted by atomic mass is 9.82. The second-order valence-corrected chi connectivity index (χ2v) is 16.1. The Balaban J connectivity index is 1.04. The minimum atomic E-state index is -0.0882. The third-order valence-corrected chi connectivity index (χ3v) is 12.7. The van der Waals surface area contributed by atoms with Crippen molar-refractivity contribution in [2.75, 3.05) is 4.90 Å². The third kappa shape index (κ3) is 4.72. The van der Waals surface area contributed by atoms with Crippen LogP contribution >= 0.6 is 11.3 Å². The highest BCUT2D eigenvalue weighted by Crippen LogP contribution is 2.51. The summed E-state index contributed by atoms with van der Waals surface area (Å²) in [5.41, 5.74) is 16.1. The first-order valence-corrected chi connectivity index (χ1v) is 19.5. The van der Waals surface area contributed by atoms with E-state index in [1.807, 2.05) is 11.3 Å². The molecular formula is C51H36N2S. The molecule has 2 nitrogen and oxygen atoms in total. The fourth-order valence-electron chi connectivity index (χ4n) is 8.90. The van der Waals surface area contributed by atoms with Crippen LogP contribution in [0.4, 0.5) is 17.1 Å². The van der Waals surface area contributed by atoms with Gasteiger partial charge in [0.25, 0.3) is 0 Å². The molecule has 2 heterocycles. The SMILES string of the molecule is CC1(C)c2ccccc2-c2ccc(N(c3ccc(-c4ccccc4)cc3)c3ccc4c(c3)sc3cc(-c5cccc6c5[nH]c5ccccc56)ccc34)cc21. The summed E-state index contributed by atoms with van der Waals surface area (Å²) in [6.07, 6.45) is 0. The van der Waals surface area contributed by atoms with Crippen LogP contribution < -0.4 is 4.90 Å². The molecule has 0 aliphatic heterocycles. The van der Waals surface area contributed by atoms with Gasteiger partial charge in [0.15, 0.2) is 0 Å². The molecule has 54 heavy (non-hydrogen) atoms. The van der Waals surface area contributed by atoms with Crippen LogP contribution in [0, 0.1) is 0 Å². The van der Waals surface area contributed by atoms with E-state index in [0.717, 1.165) is 17.1 Å². The van der Waals surface area contributed by atoms with Gasteiger partial charge in [-0.25, -0.2) is 0 Å². The van der Waals surface area contributed by atoms with E-state index < -0.39 is 0 Å². The number of fused-ring (bicyclic) bond motifs is 9. The number of H-pyrrole nitrogens is 1. The van der Waals surface area contributed by atoms with Crippen molar-refractivity contribution in [3.63, 3.8) is 0 Å². The topological polar surface area (TPSA) is 19.0 Å². The smallest absolute Gasteiger partial charge is 0.0544 e. The highest BCUT2D eigenvalue weighted by molar-refractivity contribution is 7.25. The van der Waals surface area contributed by atoms with E-state index in [9.17, 15) is 0 Å². The quantitative estimate of drug-likeness (QED) is 0.189. The fraction of sp³-hybridized carbons (Fsp3) is 0.0588. The molecule has 256 valence electrons. The van der Waals surface area contributed by atoms with Crippen LogP contribution in [0.5, 0.6) is 0 Å². The predicted molar refractivity (Wildman–Crippen MR) is 232 cm³/mol. The Hall–Kier alpha value is -6.42. The normalized spacial score (nSPS) is 13.1. The zero-order valence-corrected chi connectivity index (χ0v) is 30.9. The van der Waals surface area contributed by atoms with Crippen LogP contribution in [-0.2, 0) is 5.41 Å². The summed E-state index contributed by atoms with van der Waals surface area (Å²) in [6.45, 7) is 4.72. The number of anilines is 3. The lowest BCUT2D eigenvalue weighted by molar-refractivity contribution is 0.660. The zero-order valence-electron chi connectivity index (χ0n) is 30.1. The number of aromatic amines is 1. The molecule has 0 amide bonds. The van der Waals surface area contributed by atoms with Crippen molar-refractivity contribution in [1.29, 1.82) is 0 Å². The Morgan fingerprint density at radius 2 is 1.04 bits per heavy atom. The summed E-state index contributed by atoms with van der Waals surface area (Å²) in [4.78, 5) is 6.14. The molecule has 10 aromatic rings. The van der Waals surface area contributed by atoms with Gasteiger partial charge in [-0.2, -0.15) is 0 Å². The number of aromatic nitrogens is 1. The van der Waals surface area contributed by atoms with Crippen LogP contribution in [-0.4, -0.2) is 4.98 Å². The Morgan fingerprint density at radius 1 is 0.426 bits per heavy atom. The number of rotatable bonds is 5. The number of para-hydroxylation sites is 2. The molecule has 0 saturated carbocycles. The third-order valence-electron chi connectivity index (χ3n) is 11.6. The van der Waals surface area contributed by atoms with Crippen LogP contribution in [0.3, 0.4) is 0 Å². The van der Waals surface area contributed by atoms with Crippen molar-refractivity contribution in [3.8, 4) is 33.4 Å². The standard InChI is InChI=1S/C51H36N2S/c1-51(2)45-17-8-6-13-39(45)40-27-24-36(30-46(40)51)53(35-22-19-33(20-23-35)32-11-4-3-5-12-32)37-25-28-43-42-26-21-34(29-48(42)54-49(43)31-37)38-15-10-16-44-41-14-7-9-18-47(41)52-50(38)44/h3-31,52H,1-2H3. The first kappa shape index (κ1) is 31.1.